The fourth-order valence-corrected chi connectivity index (χ4v) is 1.12. The van der Waals surface area contributed by atoms with Crippen molar-refractivity contribution in [3.8, 4) is 0 Å². The van der Waals surface area contributed by atoms with Crippen LogP contribution < -0.4 is 5.73 Å². The molecule has 0 amide bonds. The molecule has 0 unspecified atom stereocenters. The second-order valence-corrected chi connectivity index (χ2v) is 8.37. The molecule has 0 aromatic heterocycles. The minimum atomic E-state index is -0.778. The SMILES string of the molecule is C/C(=C\C[C-](N)F)CO.C[C@H]([NH-])C(=O)OC(C)(C)C.C[C@H]([NH-])C(=O)OC(C)(C)C.O.[Pt]. The van der Waals surface area contributed by atoms with Crippen LogP contribution in [0.4, 0.5) is 4.39 Å². The summed E-state index contributed by atoms with van der Waals surface area (Å²) in [6.45, 7) is 15.4. The van der Waals surface area contributed by atoms with Gasteiger partial charge >= 0.3 is 0 Å². The van der Waals surface area contributed by atoms with Crippen LogP contribution in [0, 0.1) is 6.30 Å². The minimum absolute atomic E-state index is 0. The van der Waals surface area contributed by atoms with Crippen molar-refractivity contribution >= 4 is 11.9 Å². The van der Waals surface area contributed by atoms with Crippen molar-refractivity contribution in [2.75, 3.05) is 6.61 Å². The monoisotopic (exact) mass is 633 g/mol. The standard InChI is InChI=1S/2C7H14NO2.C6H11FNO.H2O.Pt/c2*1-5(8)6(9)10-7(2,3)4;1-5(4-9)2-3-6(7)8;;/h2*5,8H,1-4H3;2,9H,3-4,8H2,1H3;1H2;/q3*-1;;/b;;5-2+;;/t2*5-;;;/m00.../s1. The molecule has 0 spiro atoms. The first-order valence-electron chi connectivity index (χ1n) is 9.23. The summed E-state index contributed by atoms with van der Waals surface area (Å²) in [6.07, 6.45) is 1.03. The molecule has 192 valence electrons. The van der Waals surface area contributed by atoms with Crippen LogP contribution in [0.2, 0.25) is 0 Å². The number of aliphatic hydroxyl groups is 1. The van der Waals surface area contributed by atoms with Crippen LogP contribution in [0.15, 0.2) is 11.6 Å². The molecule has 0 aromatic rings. The summed E-state index contributed by atoms with van der Waals surface area (Å²) >= 11 is 0. The molecule has 0 radical (unpaired) electrons. The number of nitrogens with two attached hydrogens (primary N) is 1. The molecule has 0 aromatic carbocycles. The maximum Gasteiger partial charge on any atom is 0.288 e. The van der Waals surface area contributed by atoms with E-state index < -0.39 is 41.5 Å². The van der Waals surface area contributed by atoms with Crippen LogP contribution in [-0.4, -0.2) is 52.4 Å². The van der Waals surface area contributed by atoms with Crippen molar-refractivity contribution in [2.45, 2.75) is 92.0 Å². The van der Waals surface area contributed by atoms with E-state index in [0.717, 1.165) is 5.57 Å². The normalized spacial score (nSPS) is 13.1. The van der Waals surface area contributed by atoms with Gasteiger partial charge in [0.15, 0.2) is 0 Å². The van der Waals surface area contributed by atoms with E-state index in [9.17, 15) is 14.0 Å². The Balaban J connectivity index is -0.000000106. The van der Waals surface area contributed by atoms with Crippen LogP contribution >= 0.6 is 0 Å². The first-order valence-corrected chi connectivity index (χ1v) is 9.23. The van der Waals surface area contributed by atoms with Gasteiger partial charge in [0.05, 0.1) is 6.61 Å². The average Bonchev–Trinajstić information content (AvgIpc) is 2.50. The van der Waals surface area contributed by atoms with Crippen molar-refractivity contribution in [3.05, 3.63) is 29.4 Å². The van der Waals surface area contributed by atoms with Crippen molar-refractivity contribution in [2.24, 2.45) is 5.73 Å². The fraction of sp³-hybridized carbons (Fsp3) is 0.750. The molecule has 9 nitrogen and oxygen atoms in total. The number of hydrogen-bond acceptors (Lipinski definition) is 6. The Morgan fingerprint density at radius 3 is 1.45 bits per heavy atom. The Morgan fingerprint density at radius 1 is 1.03 bits per heavy atom. The van der Waals surface area contributed by atoms with Gasteiger partial charge in [-0.25, -0.2) is 0 Å². The Morgan fingerprint density at radius 2 is 1.32 bits per heavy atom. The molecule has 2 atom stereocenters. The van der Waals surface area contributed by atoms with E-state index in [-0.39, 0.29) is 39.6 Å². The molecular weight excluding hydrogens is 592 g/mol. The van der Waals surface area contributed by atoms with E-state index in [1.54, 1.807) is 54.5 Å². The molecule has 0 aliphatic rings. The third-order valence-electron chi connectivity index (χ3n) is 2.42. The minimum Gasteiger partial charge on any atom is -0.666 e. The third-order valence-corrected chi connectivity index (χ3v) is 2.42. The summed E-state index contributed by atoms with van der Waals surface area (Å²) < 4.78 is 21.5. The molecule has 7 N–H and O–H groups in total. The van der Waals surface area contributed by atoms with Gasteiger partial charge in [-0.1, -0.05) is 25.7 Å². The summed E-state index contributed by atoms with van der Waals surface area (Å²) in [5.41, 5.74) is 18.5. The van der Waals surface area contributed by atoms with Gasteiger partial charge in [0.1, 0.15) is 11.2 Å². The van der Waals surface area contributed by atoms with E-state index in [2.05, 4.69) is 0 Å². The van der Waals surface area contributed by atoms with Crippen LogP contribution in [0.3, 0.4) is 0 Å². The van der Waals surface area contributed by atoms with Gasteiger partial charge in [0.2, 0.25) is 0 Å². The first kappa shape index (κ1) is 40.5. The Hall–Kier alpha value is -0.902. The van der Waals surface area contributed by atoms with Crippen molar-refractivity contribution < 1.29 is 55.1 Å². The molecule has 0 bridgehead atoms. The largest absolute Gasteiger partial charge is 0.666 e. The van der Waals surface area contributed by atoms with Crippen molar-refractivity contribution in [1.29, 1.82) is 0 Å². The molecule has 0 saturated heterocycles. The van der Waals surface area contributed by atoms with Gasteiger partial charge in [-0.15, -0.1) is 12.5 Å². The number of aliphatic hydroxyl groups excluding tert-OH is 1. The predicted octanol–water partition coefficient (Wildman–Crippen LogP) is 3.44. The predicted molar refractivity (Wildman–Crippen MR) is 117 cm³/mol. The number of hydrogen-bond donors (Lipinski definition) is 2. The van der Waals surface area contributed by atoms with E-state index >= 15 is 0 Å². The summed E-state index contributed by atoms with van der Waals surface area (Å²) in [6, 6.07) is -1.56. The quantitative estimate of drug-likeness (QED) is 0.203. The number of rotatable bonds is 5. The molecule has 0 aliphatic heterocycles. The Kier molecular flexibility index (Phi) is 25.8. The van der Waals surface area contributed by atoms with Gasteiger partial charge in [0, 0.05) is 21.1 Å². The van der Waals surface area contributed by atoms with Crippen LogP contribution in [0.1, 0.15) is 68.7 Å². The average molecular weight is 634 g/mol. The van der Waals surface area contributed by atoms with Crippen LogP contribution in [0.25, 0.3) is 11.5 Å². The number of carbonyl (C=O) groups is 2. The first-order chi connectivity index (χ1) is 12.8. The maximum atomic E-state index is 11.8. The molecule has 0 saturated carbocycles. The second-order valence-electron chi connectivity index (χ2n) is 8.37. The molecule has 0 rings (SSSR count). The van der Waals surface area contributed by atoms with Crippen LogP contribution in [0.5, 0.6) is 0 Å². The van der Waals surface area contributed by atoms with Crippen molar-refractivity contribution in [1.82, 2.24) is 0 Å². The summed E-state index contributed by atoms with van der Waals surface area (Å²) in [5.74, 6) is -0.931. The van der Waals surface area contributed by atoms with Crippen molar-refractivity contribution in [3.63, 3.8) is 0 Å². The maximum absolute atomic E-state index is 11.8. The van der Waals surface area contributed by atoms with Gasteiger partial charge < -0.3 is 41.6 Å². The number of halogens is 1. The van der Waals surface area contributed by atoms with Gasteiger partial charge in [0.25, 0.3) is 11.9 Å². The zero-order chi connectivity index (χ0) is 24.0. The second kappa shape index (κ2) is 19.8. The van der Waals surface area contributed by atoms with Gasteiger partial charge in [-0.05, 0) is 60.5 Å². The fourth-order valence-electron chi connectivity index (χ4n) is 1.12. The Labute approximate surface area is 200 Å². The Bertz CT molecular complexity index is 470. The number of esters is 2. The summed E-state index contributed by atoms with van der Waals surface area (Å²) in [5, 5.41) is 8.41. The smallest absolute Gasteiger partial charge is 0.288 e. The molecular formula is C20H41FN3O6Pt-3. The number of carbonyl (C=O) groups excluding carboxylic acids is 2. The van der Waals surface area contributed by atoms with E-state index in [4.69, 9.17) is 31.8 Å². The van der Waals surface area contributed by atoms with Gasteiger partial charge in [-0.2, -0.15) is 0 Å². The van der Waals surface area contributed by atoms with E-state index in [1.807, 2.05) is 0 Å². The topological polar surface area (TPSA) is 178 Å². The van der Waals surface area contributed by atoms with Crippen LogP contribution in [-0.2, 0) is 40.1 Å². The molecule has 31 heavy (non-hydrogen) atoms. The van der Waals surface area contributed by atoms with E-state index in [1.165, 1.54) is 13.8 Å². The third kappa shape index (κ3) is 36.8. The zero-order valence-corrected chi connectivity index (χ0v) is 22.3. The molecule has 0 aliphatic carbocycles. The molecule has 0 fully saturated rings. The summed E-state index contributed by atoms with van der Waals surface area (Å²) in [7, 11) is 0. The number of ether oxygens (including phenoxy) is 2. The summed E-state index contributed by atoms with van der Waals surface area (Å²) in [4.78, 5) is 21.5. The van der Waals surface area contributed by atoms with Gasteiger partial charge in [-0.3, -0.25) is 9.59 Å². The van der Waals surface area contributed by atoms with E-state index in [0.29, 0.717) is 0 Å². The molecule has 11 heteroatoms. The zero-order valence-electron chi connectivity index (χ0n) is 20.0. The molecule has 0 heterocycles. The number of nitrogens with one attached hydrogen (secondary N) is 2.